The van der Waals surface area contributed by atoms with Crippen molar-refractivity contribution in [3.05, 3.63) is 24.3 Å². The zero-order valence-electron chi connectivity index (χ0n) is 23.8. The summed E-state index contributed by atoms with van der Waals surface area (Å²) in [6, 6.07) is 0. The van der Waals surface area contributed by atoms with Gasteiger partial charge in [-0.2, -0.15) is 0 Å². The molecule has 0 aromatic rings. The number of esters is 3. The van der Waals surface area contributed by atoms with E-state index in [-0.39, 0.29) is 32.0 Å². The highest BCUT2D eigenvalue weighted by molar-refractivity contribution is 5.72. The summed E-state index contributed by atoms with van der Waals surface area (Å²) in [4.78, 5) is 36.6. The number of ether oxygens (including phenoxy) is 3. The van der Waals surface area contributed by atoms with Crippen molar-refractivity contribution < 1.29 is 28.6 Å². The van der Waals surface area contributed by atoms with Gasteiger partial charge < -0.3 is 14.2 Å². The second-order valence-corrected chi connectivity index (χ2v) is 10.3. The van der Waals surface area contributed by atoms with Gasteiger partial charge >= 0.3 is 17.9 Å². The van der Waals surface area contributed by atoms with Crippen molar-refractivity contribution in [1.82, 2.24) is 0 Å². The summed E-state index contributed by atoms with van der Waals surface area (Å²) in [5.74, 6) is 0.602. The summed E-state index contributed by atoms with van der Waals surface area (Å²) in [6.45, 7) is 12.7. The van der Waals surface area contributed by atoms with Gasteiger partial charge in [0.25, 0.3) is 0 Å². The van der Waals surface area contributed by atoms with Gasteiger partial charge in [-0.15, -0.1) is 0 Å². The Morgan fingerprint density at radius 2 is 1.36 bits per heavy atom. The fraction of sp³-hybridized carbons (Fsp3) is 0.767. The summed E-state index contributed by atoms with van der Waals surface area (Å²) >= 11 is 0. The van der Waals surface area contributed by atoms with Gasteiger partial charge in [0.2, 0.25) is 0 Å². The van der Waals surface area contributed by atoms with Gasteiger partial charge in [0.05, 0.1) is 12.8 Å². The molecule has 3 atom stereocenters. The Morgan fingerprint density at radius 1 is 0.722 bits per heavy atom. The monoisotopic (exact) mass is 508 g/mol. The molecule has 0 aromatic heterocycles. The quantitative estimate of drug-likeness (QED) is 0.0915. The van der Waals surface area contributed by atoms with Crippen molar-refractivity contribution in [2.75, 3.05) is 13.2 Å². The van der Waals surface area contributed by atoms with Crippen LogP contribution in [0.1, 0.15) is 112 Å². The minimum atomic E-state index is -0.822. The lowest BCUT2D eigenvalue weighted by atomic mass is 9.99. The van der Waals surface area contributed by atoms with E-state index in [1.165, 1.54) is 0 Å². The lowest BCUT2D eigenvalue weighted by Crippen LogP contribution is -2.30. The van der Waals surface area contributed by atoms with Gasteiger partial charge in [-0.05, 0) is 43.4 Å². The summed E-state index contributed by atoms with van der Waals surface area (Å²) in [5, 5.41) is 0. The van der Waals surface area contributed by atoms with Crippen molar-refractivity contribution in [2.24, 2.45) is 17.8 Å². The average Bonchev–Trinajstić information content (AvgIpc) is 2.83. The van der Waals surface area contributed by atoms with E-state index in [2.05, 4.69) is 41.5 Å². The molecule has 0 heterocycles. The molecule has 0 aliphatic carbocycles. The molecule has 0 aliphatic heterocycles. The van der Waals surface area contributed by atoms with E-state index in [1.807, 2.05) is 12.2 Å². The molecule has 0 saturated carbocycles. The first-order chi connectivity index (χ1) is 17.2. The molecule has 0 fully saturated rings. The molecule has 36 heavy (non-hydrogen) atoms. The Morgan fingerprint density at radius 3 is 2.00 bits per heavy atom. The molecule has 0 amide bonds. The second-order valence-electron chi connectivity index (χ2n) is 10.3. The molecule has 0 radical (unpaired) electrons. The van der Waals surface area contributed by atoms with Crippen LogP contribution in [0, 0.1) is 17.8 Å². The van der Waals surface area contributed by atoms with Gasteiger partial charge in [-0.3, -0.25) is 14.4 Å². The molecular formula is C30H52O6. The minimum absolute atomic E-state index is 0.122. The molecule has 0 spiro atoms. The van der Waals surface area contributed by atoms with Crippen LogP contribution in [-0.2, 0) is 28.6 Å². The van der Waals surface area contributed by atoms with Gasteiger partial charge in [0, 0.05) is 6.42 Å². The number of rotatable bonds is 21. The van der Waals surface area contributed by atoms with E-state index in [0.717, 1.165) is 51.4 Å². The first kappa shape index (κ1) is 33.9. The van der Waals surface area contributed by atoms with Crippen LogP contribution in [0.2, 0.25) is 0 Å². The first-order valence-corrected chi connectivity index (χ1v) is 14.0. The maximum absolute atomic E-state index is 12.3. The second kappa shape index (κ2) is 22.1. The number of allylic oxidation sites excluding steroid dienone is 2. The molecule has 0 aromatic carbocycles. The van der Waals surface area contributed by atoms with E-state index in [4.69, 9.17) is 14.2 Å². The van der Waals surface area contributed by atoms with Crippen LogP contribution in [0.25, 0.3) is 0 Å². The zero-order chi connectivity index (χ0) is 27.2. The normalized spacial score (nSPS) is 14.2. The van der Waals surface area contributed by atoms with E-state index >= 15 is 0 Å². The molecule has 0 N–H and O–H groups in total. The van der Waals surface area contributed by atoms with Crippen LogP contribution in [0.3, 0.4) is 0 Å². The van der Waals surface area contributed by atoms with Crippen LogP contribution < -0.4 is 0 Å². The zero-order valence-corrected chi connectivity index (χ0v) is 23.8. The van der Waals surface area contributed by atoms with E-state index in [9.17, 15) is 14.4 Å². The molecule has 0 saturated heterocycles. The highest BCUT2D eigenvalue weighted by atomic mass is 16.6. The van der Waals surface area contributed by atoms with Crippen LogP contribution in [0.5, 0.6) is 0 Å². The smallest absolute Gasteiger partial charge is 0.310 e. The van der Waals surface area contributed by atoms with E-state index in [1.54, 1.807) is 12.2 Å². The number of hydrogen-bond donors (Lipinski definition) is 0. The van der Waals surface area contributed by atoms with Gasteiger partial charge in [0.15, 0.2) is 6.10 Å². The molecule has 0 bridgehead atoms. The minimum Gasteiger partial charge on any atom is -0.462 e. The fourth-order valence-corrected chi connectivity index (χ4v) is 3.49. The Kier molecular flexibility index (Phi) is 20.8. The van der Waals surface area contributed by atoms with Crippen LogP contribution >= 0.6 is 0 Å². The SMILES string of the molecule is CCCC(C)CCCC(=O)OCC(COC(=O)CC=CCCC(C)C)OC(=O)CC=CCC(C)CC. The summed E-state index contributed by atoms with van der Waals surface area (Å²) in [6.07, 6.45) is 15.4. The van der Waals surface area contributed by atoms with Crippen LogP contribution in [0.4, 0.5) is 0 Å². The number of carbonyl (C=O) groups excluding carboxylic acids is 3. The highest BCUT2D eigenvalue weighted by Gasteiger charge is 2.19. The number of hydrogen-bond acceptors (Lipinski definition) is 6. The van der Waals surface area contributed by atoms with Crippen LogP contribution in [0.15, 0.2) is 24.3 Å². The lowest BCUT2D eigenvalue weighted by Gasteiger charge is -2.18. The molecular weight excluding hydrogens is 456 g/mol. The maximum Gasteiger partial charge on any atom is 0.310 e. The maximum atomic E-state index is 12.3. The Hall–Kier alpha value is -2.11. The largest absolute Gasteiger partial charge is 0.462 e. The molecule has 0 aliphatic rings. The summed E-state index contributed by atoms with van der Waals surface area (Å²) in [7, 11) is 0. The van der Waals surface area contributed by atoms with Gasteiger partial charge in [-0.25, -0.2) is 0 Å². The van der Waals surface area contributed by atoms with Crippen molar-refractivity contribution in [3.8, 4) is 0 Å². The topological polar surface area (TPSA) is 78.9 Å². The Labute approximate surface area is 220 Å². The molecule has 6 heteroatoms. The third kappa shape index (κ3) is 21.2. The predicted octanol–water partition coefficient (Wildman–Crippen LogP) is 7.36. The summed E-state index contributed by atoms with van der Waals surface area (Å²) in [5.41, 5.74) is 0. The Bertz CT molecular complexity index is 652. The van der Waals surface area contributed by atoms with Crippen LogP contribution in [-0.4, -0.2) is 37.2 Å². The third-order valence-electron chi connectivity index (χ3n) is 6.07. The third-order valence-corrected chi connectivity index (χ3v) is 6.07. The predicted molar refractivity (Wildman–Crippen MR) is 145 cm³/mol. The standard InChI is InChI=1S/C30H52O6/c1-7-15-26(6)18-14-21-29(32)35-23-27(36-30(33)20-13-12-17-25(5)8-2)22-34-28(31)19-11-9-10-16-24(3)4/h9,11-13,24-27H,7-8,10,14-23H2,1-6H3. The molecule has 6 nitrogen and oxygen atoms in total. The van der Waals surface area contributed by atoms with E-state index < -0.39 is 18.0 Å². The molecule has 208 valence electrons. The molecule has 3 unspecified atom stereocenters. The van der Waals surface area contributed by atoms with Crippen molar-refractivity contribution in [2.45, 2.75) is 118 Å². The fourth-order valence-electron chi connectivity index (χ4n) is 3.49. The summed E-state index contributed by atoms with van der Waals surface area (Å²) < 4.78 is 16.1. The average molecular weight is 509 g/mol. The lowest BCUT2D eigenvalue weighted by molar-refractivity contribution is -0.166. The highest BCUT2D eigenvalue weighted by Crippen LogP contribution is 2.14. The first-order valence-electron chi connectivity index (χ1n) is 14.0. The van der Waals surface area contributed by atoms with Gasteiger partial charge in [0.1, 0.15) is 13.2 Å². The van der Waals surface area contributed by atoms with Gasteiger partial charge in [-0.1, -0.05) is 91.5 Å². The van der Waals surface area contributed by atoms with Crippen molar-refractivity contribution in [1.29, 1.82) is 0 Å². The number of carbonyl (C=O) groups is 3. The van der Waals surface area contributed by atoms with Crippen molar-refractivity contribution >= 4 is 17.9 Å². The molecule has 0 rings (SSSR count). The van der Waals surface area contributed by atoms with Crippen molar-refractivity contribution in [3.63, 3.8) is 0 Å². The Balaban J connectivity index is 4.65. The van der Waals surface area contributed by atoms with E-state index in [0.29, 0.717) is 24.2 Å².